The van der Waals surface area contributed by atoms with Gasteiger partial charge in [0.2, 0.25) is 0 Å². The highest BCUT2D eigenvalue weighted by molar-refractivity contribution is 7.17. The number of carbonyl (C=O) groups excluding carboxylic acids is 1. The van der Waals surface area contributed by atoms with Gasteiger partial charge in [-0.1, -0.05) is 24.3 Å². The van der Waals surface area contributed by atoms with Crippen LogP contribution in [0, 0.1) is 0 Å². The number of ether oxygens (including phenoxy) is 2. The molecule has 1 saturated carbocycles. The third kappa shape index (κ3) is 4.05. The van der Waals surface area contributed by atoms with Gasteiger partial charge in [-0.25, -0.2) is 4.79 Å². The Hall–Kier alpha value is -3.32. The molecule has 0 bridgehead atoms. The molecule has 176 valence electrons. The number of hydrogen-bond acceptors (Lipinski definition) is 5. The lowest BCUT2D eigenvalue weighted by atomic mass is 9.92. The van der Waals surface area contributed by atoms with Crippen LogP contribution in [0.4, 0.5) is 4.79 Å². The first-order valence-corrected chi connectivity index (χ1v) is 12.3. The molecule has 2 aromatic carbocycles. The lowest BCUT2D eigenvalue weighted by Gasteiger charge is -2.22. The second kappa shape index (κ2) is 8.17. The fourth-order valence-electron chi connectivity index (χ4n) is 4.55. The molecule has 0 radical (unpaired) electrons. The van der Waals surface area contributed by atoms with Crippen LogP contribution in [0.15, 0.2) is 52.6 Å². The molecule has 0 saturated heterocycles. The average Bonchev–Trinajstić information content (AvgIpc) is 3.42. The zero-order valence-electron chi connectivity index (χ0n) is 19.8. The summed E-state index contributed by atoms with van der Waals surface area (Å²) in [7, 11) is 1.66. The number of hydrogen-bond donors (Lipinski definition) is 2. The SMILES string of the molecule is COc1ccc2[nH]c(=O)c3sccc3c2c1-c1ccc(C2(CNC(=O)OC(C)(C)C)CC2)cc1. The van der Waals surface area contributed by atoms with Crippen molar-refractivity contribution in [2.75, 3.05) is 13.7 Å². The number of H-pyrrole nitrogens is 1. The Morgan fingerprint density at radius 3 is 2.50 bits per heavy atom. The highest BCUT2D eigenvalue weighted by atomic mass is 32.1. The van der Waals surface area contributed by atoms with Gasteiger partial charge >= 0.3 is 6.09 Å². The fraction of sp³-hybridized carbons (Fsp3) is 0.333. The summed E-state index contributed by atoms with van der Waals surface area (Å²) in [5.74, 6) is 0.757. The van der Waals surface area contributed by atoms with E-state index < -0.39 is 5.60 Å². The molecule has 6 nitrogen and oxygen atoms in total. The molecule has 1 amide bonds. The summed E-state index contributed by atoms with van der Waals surface area (Å²) >= 11 is 1.44. The topological polar surface area (TPSA) is 80.4 Å². The maximum absolute atomic E-state index is 12.5. The van der Waals surface area contributed by atoms with Crippen LogP contribution in [0.25, 0.3) is 32.1 Å². The monoisotopic (exact) mass is 476 g/mol. The minimum atomic E-state index is -0.516. The van der Waals surface area contributed by atoms with Gasteiger partial charge in [-0.2, -0.15) is 0 Å². The number of rotatable bonds is 5. The summed E-state index contributed by atoms with van der Waals surface area (Å²) in [6.45, 7) is 6.13. The van der Waals surface area contributed by atoms with Gasteiger partial charge in [0.05, 0.1) is 7.11 Å². The number of alkyl carbamates (subject to hydrolysis) is 1. The predicted octanol–water partition coefficient (Wildman–Crippen LogP) is 5.97. The molecule has 0 aliphatic heterocycles. The van der Waals surface area contributed by atoms with E-state index in [1.165, 1.54) is 16.9 Å². The molecule has 1 aliphatic carbocycles. The van der Waals surface area contributed by atoms with Crippen LogP contribution in [-0.2, 0) is 10.2 Å². The molecule has 2 heterocycles. The van der Waals surface area contributed by atoms with Crippen molar-refractivity contribution in [2.24, 2.45) is 0 Å². The van der Waals surface area contributed by atoms with Crippen molar-refractivity contribution in [1.82, 2.24) is 10.3 Å². The standard InChI is InChI=1S/C27H28N2O4S/c1-26(2,3)33-25(31)28-15-27(12-13-27)17-7-5-16(6-8-17)21-20(32-4)10-9-19-22(21)18-11-14-34-23(18)24(30)29-19/h5-11,14H,12-13,15H2,1-4H3,(H,28,31)(H,29,30). The van der Waals surface area contributed by atoms with Crippen LogP contribution in [0.5, 0.6) is 5.75 Å². The number of nitrogens with one attached hydrogen (secondary N) is 2. The summed E-state index contributed by atoms with van der Waals surface area (Å²) in [6, 6.07) is 14.3. The van der Waals surface area contributed by atoms with Crippen molar-refractivity contribution < 1.29 is 14.3 Å². The van der Waals surface area contributed by atoms with Crippen molar-refractivity contribution >= 4 is 38.4 Å². The zero-order chi connectivity index (χ0) is 24.1. The second-order valence-electron chi connectivity index (χ2n) is 9.90. The maximum Gasteiger partial charge on any atom is 0.407 e. The lowest BCUT2D eigenvalue weighted by Crippen LogP contribution is -2.37. The summed E-state index contributed by atoms with van der Waals surface area (Å²) < 4.78 is 11.8. The Labute approximate surface area is 201 Å². The van der Waals surface area contributed by atoms with E-state index in [4.69, 9.17) is 9.47 Å². The van der Waals surface area contributed by atoms with Crippen LogP contribution >= 0.6 is 11.3 Å². The molecule has 0 atom stereocenters. The van der Waals surface area contributed by atoms with Gasteiger partial charge in [0.1, 0.15) is 16.1 Å². The number of aromatic amines is 1. The average molecular weight is 477 g/mol. The number of carbonyl (C=O) groups is 1. The Bertz CT molecular complexity index is 1440. The second-order valence-corrected chi connectivity index (χ2v) is 10.8. The van der Waals surface area contributed by atoms with Gasteiger partial charge in [0.15, 0.2) is 0 Å². The number of amides is 1. The van der Waals surface area contributed by atoms with Crippen LogP contribution in [0.3, 0.4) is 0 Å². The van der Waals surface area contributed by atoms with Crippen molar-refractivity contribution in [3.8, 4) is 16.9 Å². The maximum atomic E-state index is 12.5. The molecule has 7 heteroatoms. The van der Waals surface area contributed by atoms with Gasteiger partial charge in [-0.05, 0) is 68.3 Å². The van der Waals surface area contributed by atoms with E-state index in [-0.39, 0.29) is 17.1 Å². The normalized spacial score (nSPS) is 14.8. The Morgan fingerprint density at radius 2 is 1.85 bits per heavy atom. The van der Waals surface area contributed by atoms with Crippen LogP contribution in [0.1, 0.15) is 39.2 Å². The molecule has 0 unspecified atom stereocenters. The van der Waals surface area contributed by atoms with E-state index in [1.807, 2.05) is 44.4 Å². The number of methoxy groups -OCH3 is 1. The fourth-order valence-corrected chi connectivity index (χ4v) is 5.34. The van der Waals surface area contributed by atoms with Crippen LogP contribution < -0.4 is 15.6 Å². The first kappa shape index (κ1) is 22.5. The molecule has 34 heavy (non-hydrogen) atoms. The Balaban J connectivity index is 1.50. The number of fused-ring (bicyclic) bond motifs is 3. The van der Waals surface area contributed by atoms with E-state index >= 15 is 0 Å². The largest absolute Gasteiger partial charge is 0.496 e. The molecule has 1 fully saturated rings. The van der Waals surface area contributed by atoms with Crippen molar-refractivity contribution in [2.45, 2.75) is 44.6 Å². The third-order valence-corrected chi connectivity index (χ3v) is 7.30. The van der Waals surface area contributed by atoms with E-state index in [2.05, 4.69) is 34.6 Å². The number of thiophene rings is 1. The molecule has 2 N–H and O–H groups in total. The summed E-state index contributed by atoms with van der Waals surface area (Å²) in [5, 5.41) is 6.80. The van der Waals surface area contributed by atoms with Crippen LogP contribution in [0.2, 0.25) is 0 Å². The third-order valence-electron chi connectivity index (χ3n) is 6.39. The predicted molar refractivity (Wildman–Crippen MR) is 137 cm³/mol. The van der Waals surface area contributed by atoms with Crippen molar-refractivity contribution in [3.05, 3.63) is 63.8 Å². The van der Waals surface area contributed by atoms with Crippen LogP contribution in [-0.4, -0.2) is 30.3 Å². The van der Waals surface area contributed by atoms with Gasteiger partial charge in [-0.3, -0.25) is 4.79 Å². The number of pyridine rings is 1. The quantitative estimate of drug-likeness (QED) is 0.372. The number of benzene rings is 2. The highest BCUT2D eigenvalue weighted by Gasteiger charge is 2.44. The first-order valence-electron chi connectivity index (χ1n) is 11.4. The molecular weight excluding hydrogens is 448 g/mol. The van der Waals surface area contributed by atoms with Crippen molar-refractivity contribution in [3.63, 3.8) is 0 Å². The van der Waals surface area contributed by atoms with E-state index in [9.17, 15) is 9.59 Å². The Morgan fingerprint density at radius 1 is 1.12 bits per heavy atom. The molecule has 2 aromatic heterocycles. The highest BCUT2D eigenvalue weighted by Crippen LogP contribution is 2.48. The molecular formula is C27H28N2O4S. The van der Waals surface area contributed by atoms with E-state index in [0.717, 1.165) is 46.0 Å². The molecule has 5 rings (SSSR count). The van der Waals surface area contributed by atoms with Crippen molar-refractivity contribution in [1.29, 1.82) is 0 Å². The lowest BCUT2D eigenvalue weighted by molar-refractivity contribution is 0.0522. The van der Waals surface area contributed by atoms with E-state index in [1.54, 1.807) is 7.11 Å². The minimum Gasteiger partial charge on any atom is -0.496 e. The molecule has 4 aromatic rings. The zero-order valence-corrected chi connectivity index (χ0v) is 20.6. The minimum absolute atomic E-state index is 0.0515. The molecule has 0 spiro atoms. The van der Waals surface area contributed by atoms with Gasteiger partial charge in [-0.15, -0.1) is 11.3 Å². The Kier molecular flexibility index (Phi) is 5.40. The summed E-state index contributed by atoms with van der Waals surface area (Å²) in [5.41, 5.74) is 3.32. The smallest absolute Gasteiger partial charge is 0.407 e. The first-order chi connectivity index (χ1) is 16.2. The number of aromatic nitrogens is 1. The summed E-state index contributed by atoms with van der Waals surface area (Å²) in [6.07, 6.45) is 1.66. The molecule has 1 aliphatic rings. The van der Waals surface area contributed by atoms with Gasteiger partial charge in [0.25, 0.3) is 5.56 Å². The van der Waals surface area contributed by atoms with Gasteiger partial charge < -0.3 is 19.8 Å². The van der Waals surface area contributed by atoms with E-state index in [0.29, 0.717) is 11.2 Å². The summed E-state index contributed by atoms with van der Waals surface area (Å²) in [4.78, 5) is 27.6. The van der Waals surface area contributed by atoms with Gasteiger partial charge in [0, 0.05) is 33.8 Å².